The predicted octanol–water partition coefficient (Wildman–Crippen LogP) is 3.52. The van der Waals surface area contributed by atoms with Crippen LogP contribution in [0.4, 0.5) is 0 Å². The molecule has 1 aromatic rings. The van der Waals surface area contributed by atoms with Gasteiger partial charge in [-0.15, -0.1) is 0 Å². The first kappa shape index (κ1) is 11.7. The molecule has 1 aliphatic heterocycles. The molecule has 0 N–H and O–H groups in total. The molecule has 1 fully saturated rings. The first-order valence-electron chi connectivity index (χ1n) is 6.46. The Morgan fingerprint density at radius 2 is 1.81 bits per heavy atom. The Morgan fingerprint density at radius 3 is 2.44 bits per heavy atom. The molecule has 0 bridgehead atoms. The highest BCUT2D eigenvalue weighted by atomic mass is 15.2. The van der Waals surface area contributed by atoms with Gasteiger partial charge in [-0.05, 0) is 37.7 Å². The third kappa shape index (κ3) is 2.65. The number of rotatable bonds is 2. The van der Waals surface area contributed by atoms with Gasteiger partial charge in [0.1, 0.15) is 0 Å². The molecule has 0 radical (unpaired) electrons. The van der Waals surface area contributed by atoms with Crippen molar-refractivity contribution in [2.75, 3.05) is 13.1 Å². The lowest BCUT2D eigenvalue weighted by molar-refractivity contribution is 0.130. The van der Waals surface area contributed by atoms with E-state index in [1.54, 1.807) is 0 Å². The third-order valence-electron chi connectivity index (χ3n) is 3.69. The van der Waals surface area contributed by atoms with Crippen LogP contribution >= 0.6 is 0 Å². The molecular formula is C15H23N. The fraction of sp³-hybridized carbons (Fsp3) is 0.600. The van der Waals surface area contributed by atoms with E-state index < -0.39 is 0 Å². The molecule has 1 heterocycles. The van der Waals surface area contributed by atoms with E-state index in [1.165, 1.54) is 25.1 Å². The second-order valence-corrected chi connectivity index (χ2v) is 5.50. The highest BCUT2D eigenvalue weighted by molar-refractivity contribution is 5.20. The van der Waals surface area contributed by atoms with Crippen molar-refractivity contribution in [1.29, 1.82) is 0 Å². The van der Waals surface area contributed by atoms with Crippen LogP contribution in [-0.2, 0) is 0 Å². The van der Waals surface area contributed by atoms with Crippen LogP contribution in [0.5, 0.6) is 0 Å². The molecule has 1 heteroatoms. The molecule has 1 aromatic carbocycles. The summed E-state index contributed by atoms with van der Waals surface area (Å²) in [7, 11) is 0. The highest BCUT2D eigenvalue weighted by Gasteiger charge is 2.26. The Hall–Kier alpha value is -0.820. The molecule has 1 unspecified atom stereocenters. The van der Waals surface area contributed by atoms with E-state index in [0.717, 1.165) is 11.8 Å². The van der Waals surface area contributed by atoms with Crippen molar-refractivity contribution in [3.05, 3.63) is 35.9 Å². The molecule has 0 aromatic heterocycles. The van der Waals surface area contributed by atoms with E-state index in [9.17, 15) is 0 Å². The highest BCUT2D eigenvalue weighted by Crippen LogP contribution is 2.30. The third-order valence-corrected chi connectivity index (χ3v) is 3.69. The van der Waals surface area contributed by atoms with E-state index in [0.29, 0.717) is 6.04 Å². The van der Waals surface area contributed by atoms with Crippen molar-refractivity contribution in [1.82, 2.24) is 4.90 Å². The van der Waals surface area contributed by atoms with Gasteiger partial charge in [0.15, 0.2) is 0 Å². The van der Waals surface area contributed by atoms with Crippen molar-refractivity contribution in [2.45, 2.75) is 39.2 Å². The maximum absolute atomic E-state index is 2.62. The first-order chi connectivity index (χ1) is 7.66. The molecule has 0 spiro atoms. The van der Waals surface area contributed by atoms with Crippen molar-refractivity contribution in [2.24, 2.45) is 5.92 Å². The minimum atomic E-state index is 0.675. The molecule has 2 rings (SSSR count). The van der Waals surface area contributed by atoms with Gasteiger partial charge < -0.3 is 4.90 Å². The zero-order chi connectivity index (χ0) is 11.5. The van der Waals surface area contributed by atoms with Crippen LogP contribution in [0, 0.1) is 5.92 Å². The second kappa shape index (κ2) is 5.01. The number of likely N-dealkylation sites (tertiary alicyclic amines) is 1. The smallest absolute Gasteiger partial charge is 0.00532 e. The molecule has 0 saturated carbocycles. The summed E-state index contributed by atoms with van der Waals surface area (Å²) < 4.78 is 0. The topological polar surface area (TPSA) is 3.24 Å². The van der Waals surface area contributed by atoms with Gasteiger partial charge in [-0.1, -0.05) is 37.3 Å². The van der Waals surface area contributed by atoms with Gasteiger partial charge >= 0.3 is 0 Å². The summed E-state index contributed by atoms with van der Waals surface area (Å²) in [5.74, 6) is 1.55. The summed E-state index contributed by atoms with van der Waals surface area (Å²) in [6, 6.07) is 11.7. The van der Waals surface area contributed by atoms with Crippen LogP contribution < -0.4 is 0 Å². The van der Waals surface area contributed by atoms with Gasteiger partial charge in [0.25, 0.3) is 0 Å². The molecule has 1 nitrogen and oxygen atoms in total. The van der Waals surface area contributed by atoms with Crippen molar-refractivity contribution in [3.63, 3.8) is 0 Å². The van der Waals surface area contributed by atoms with E-state index in [2.05, 4.69) is 56.0 Å². The van der Waals surface area contributed by atoms with Crippen LogP contribution in [0.25, 0.3) is 0 Å². The summed E-state index contributed by atoms with van der Waals surface area (Å²) >= 11 is 0. The lowest BCUT2D eigenvalue weighted by Crippen LogP contribution is -2.42. The summed E-state index contributed by atoms with van der Waals surface area (Å²) in [5.41, 5.74) is 1.51. The fourth-order valence-corrected chi connectivity index (χ4v) is 2.78. The number of hydrogen-bond acceptors (Lipinski definition) is 1. The fourth-order valence-electron chi connectivity index (χ4n) is 2.78. The number of hydrogen-bond donors (Lipinski definition) is 0. The second-order valence-electron chi connectivity index (χ2n) is 5.50. The molecule has 0 amide bonds. The molecule has 0 aliphatic carbocycles. The van der Waals surface area contributed by atoms with Crippen LogP contribution in [-0.4, -0.2) is 24.0 Å². The zero-order valence-corrected chi connectivity index (χ0v) is 10.7. The molecule has 88 valence electrons. The maximum atomic E-state index is 2.62. The van der Waals surface area contributed by atoms with E-state index in [-0.39, 0.29) is 0 Å². The van der Waals surface area contributed by atoms with E-state index in [4.69, 9.17) is 0 Å². The number of benzene rings is 1. The van der Waals surface area contributed by atoms with Gasteiger partial charge in [0, 0.05) is 19.1 Å². The minimum absolute atomic E-state index is 0.675. The van der Waals surface area contributed by atoms with Gasteiger partial charge in [-0.3, -0.25) is 0 Å². The average Bonchev–Trinajstić information content (AvgIpc) is 2.29. The Bertz CT molecular complexity index is 317. The maximum Gasteiger partial charge on any atom is 0.00532 e. The van der Waals surface area contributed by atoms with E-state index in [1.807, 2.05) is 0 Å². The molecular weight excluding hydrogens is 194 g/mol. The predicted molar refractivity (Wildman–Crippen MR) is 69.7 cm³/mol. The monoisotopic (exact) mass is 217 g/mol. The molecule has 16 heavy (non-hydrogen) atoms. The van der Waals surface area contributed by atoms with Crippen LogP contribution in [0.15, 0.2) is 30.3 Å². The van der Waals surface area contributed by atoms with Crippen molar-refractivity contribution < 1.29 is 0 Å². The van der Waals surface area contributed by atoms with E-state index >= 15 is 0 Å². The van der Waals surface area contributed by atoms with Gasteiger partial charge in [-0.25, -0.2) is 0 Å². The Balaban J connectivity index is 2.11. The lowest BCUT2D eigenvalue weighted by atomic mass is 9.85. The first-order valence-corrected chi connectivity index (χ1v) is 6.46. The Morgan fingerprint density at radius 1 is 1.12 bits per heavy atom. The lowest BCUT2D eigenvalue weighted by Gasteiger charge is -2.39. The standard InChI is InChI=1S/C15H23N/c1-12(2)16-10-13(3)9-15(11-16)14-7-5-4-6-8-14/h4-8,12-13,15H,9-11H2,1-3H3/t13-,15?/m0/s1. The van der Waals surface area contributed by atoms with Crippen LogP contribution in [0.3, 0.4) is 0 Å². The van der Waals surface area contributed by atoms with Crippen LogP contribution in [0.1, 0.15) is 38.7 Å². The summed E-state index contributed by atoms with van der Waals surface area (Å²) in [5, 5.41) is 0. The molecule has 1 aliphatic rings. The summed E-state index contributed by atoms with van der Waals surface area (Å²) in [6.45, 7) is 9.48. The molecule has 1 saturated heterocycles. The van der Waals surface area contributed by atoms with Gasteiger partial charge in [0.05, 0.1) is 0 Å². The number of piperidine rings is 1. The largest absolute Gasteiger partial charge is 0.300 e. The average molecular weight is 217 g/mol. The van der Waals surface area contributed by atoms with Crippen molar-refractivity contribution in [3.8, 4) is 0 Å². The van der Waals surface area contributed by atoms with Crippen LogP contribution in [0.2, 0.25) is 0 Å². The number of nitrogens with zero attached hydrogens (tertiary/aromatic N) is 1. The zero-order valence-electron chi connectivity index (χ0n) is 10.7. The summed E-state index contributed by atoms with van der Waals surface area (Å²) in [6.07, 6.45) is 1.34. The normalized spacial score (nSPS) is 27.2. The van der Waals surface area contributed by atoms with Crippen molar-refractivity contribution >= 4 is 0 Å². The quantitative estimate of drug-likeness (QED) is 0.732. The summed E-state index contributed by atoms with van der Waals surface area (Å²) in [4.78, 5) is 2.62. The minimum Gasteiger partial charge on any atom is -0.300 e. The Labute approximate surface area is 99.5 Å². The Kier molecular flexibility index (Phi) is 3.65. The van der Waals surface area contributed by atoms with Gasteiger partial charge in [-0.2, -0.15) is 0 Å². The molecule has 2 atom stereocenters. The SMILES string of the molecule is CC(C)N1CC(c2ccccc2)C[C@H](C)C1. The van der Waals surface area contributed by atoms with Gasteiger partial charge in [0.2, 0.25) is 0 Å².